The first-order valence-corrected chi connectivity index (χ1v) is 6.58. The summed E-state index contributed by atoms with van der Waals surface area (Å²) in [5.41, 5.74) is 1.13. The molecular weight excluding hydrogens is 210 g/mol. The van der Waals surface area contributed by atoms with Gasteiger partial charge < -0.3 is 5.32 Å². The van der Waals surface area contributed by atoms with Crippen molar-refractivity contribution >= 4 is 0 Å². The molecule has 1 N–H and O–H groups in total. The third-order valence-electron chi connectivity index (χ3n) is 3.57. The second-order valence-corrected chi connectivity index (χ2v) is 5.22. The molecular formula is C14H23N3. The van der Waals surface area contributed by atoms with Crippen LogP contribution in [0.2, 0.25) is 0 Å². The Morgan fingerprint density at radius 3 is 2.76 bits per heavy atom. The third kappa shape index (κ3) is 3.27. The van der Waals surface area contributed by atoms with Gasteiger partial charge in [-0.2, -0.15) is 0 Å². The molecule has 2 atom stereocenters. The second-order valence-electron chi connectivity index (χ2n) is 5.22. The molecule has 1 fully saturated rings. The Morgan fingerprint density at radius 2 is 2.18 bits per heavy atom. The van der Waals surface area contributed by atoms with E-state index in [0.29, 0.717) is 18.1 Å². The molecule has 2 unspecified atom stereocenters. The minimum Gasteiger partial charge on any atom is -0.305 e. The highest BCUT2D eigenvalue weighted by Crippen LogP contribution is 2.16. The van der Waals surface area contributed by atoms with Gasteiger partial charge >= 0.3 is 0 Å². The summed E-state index contributed by atoms with van der Waals surface area (Å²) >= 11 is 0. The van der Waals surface area contributed by atoms with Gasteiger partial charge in [0.25, 0.3) is 0 Å². The topological polar surface area (TPSA) is 28.2 Å². The van der Waals surface area contributed by atoms with E-state index in [1.807, 2.05) is 12.3 Å². The van der Waals surface area contributed by atoms with E-state index in [2.05, 4.69) is 48.1 Å². The molecule has 1 aromatic rings. The summed E-state index contributed by atoms with van der Waals surface area (Å²) in [5, 5.41) is 3.68. The van der Waals surface area contributed by atoms with Crippen LogP contribution in [0.5, 0.6) is 0 Å². The summed E-state index contributed by atoms with van der Waals surface area (Å²) in [6, 6.07) is 7.71. The lowest BCUT2D eigenvalue weighted by molar-refractivity contribution is 0.266. The fourth-order valence-electron chi connectivity index (χ4n) is 2.46. The van der Waals surface area contributed by atoms with Crippen LogP contribution >= 0.6 is 0 Å². The first-order chi connectivity index (χ1) is 8.16. The van der Waals surface area contributed by atoms with E-state index in [4.69, 9.17) is 0 Å². The van der Waals surface area contributed by atoms with Crippen LogP contribution in [0.4, 0.5) is 0 Å². The van der Waals surface area contributed by atoms with Crippen LogP contribution in [-0.4, -0.2) is 35.1 Å². The predicted octanol–water partition coefficient (Wildman–Crippen LogP) is 2.21. The number of pyridine rings is 1. The fourth-order valence-corrected chi connectivity index (χ4v) is 2.46. The zero-order valence-electron chi connectivity index (χ0n) is 11.1. The van der Waals surface area contributed by atoms with Gasteiger partial charge in [0.05, 0.1) is 5.69 Å². The number of likely N-dealkylation sites (tertiary alicyclic amines) is 1. The van der Waals surface area contributed by atoms with Crippen LogP contribution < -0.4 is 5.32 Å². The van der Waals surface area contributed by atoms with Crippen molar-refractivity contribution in [2.75, 3.05) is 13.1 Å². The van der Waals surface area contributed by atoms with E-state index < -0.39 is 0 Å². The van der Waals surface area contributed by atoms with E-state index in [1.165, 1.54) is 13.0 Å². The zero-order valence-corrected chi connectivity index (χ0v) is 11.1. The maximum Gasteiger partial charge on any atom is 0.0570 e. The van der Waals surface area contributed by atoms with Crippen molar-refractivity contribution in [3.63, 3.8) is 0 Å². The van der Waals surface area contributed by atoms with Crippen molar-refractivity contribution < 1.29 is 0 Å². The maximum absolute atomic E-state index is 4.40. The SMILES string of the molecule is CC(NC1CCN(C(C)C)C1)c1ccccn1. The van der Waals surface area contributed by atoms with Crippen molar-refractivity contribution in [3.05, 3.63) is 30.1 Å². The van der Waals surface area contributed by atoms with E-state index in [-0.39, 0.29) is 0 Å². The number of nitrogens with zero attached hydrogens (tertiary/aromatic N) is 2. The molecule has 0 spiro atoms. The van der Waals surface area contributed by atoms with Crippen molar-refractivity contribution in [3.8, 4) is 0 Å². The molecule has 1 aliphatic rings. The maximum atomic E-state index is 4.40. The molecule has 0 aromatic carbocycles. The zero-order chi connectivity index (χ0) is 12.3. The molecule has 0 saturated carbocycles. The molecule has 1 aromatic heterocycles. The van der Waals surface area contributed by atoms with Crippen LogP contribution in [0.1, 0.15) is 38.9 Å². The lowest BCUT2D eigenvalue weighted by Gasteiger charge is -2.22. The monoisotopic (exact) mass is 233 g/mol. The summed E-state index contributed by atoms with van der Waals surface area (Å²) < 4.78 is 0. The summed E-state index contributed by atoms with van der Waals surface area (Å²) in [6.07, 6.45) is 3.11. The van der Waals surface area contributed by atoms with Gasteiger partial charge in [-0.25, -0.2) is 0 Å². The Hall–Kier alpha value is -0.930. The normalized spacial score (nSPS) is 23.2. The smallest absolute Gasteiger partial charge is 0.0570 e. The van der Waals surface area contributed by atoms with Gasteiger partial charge in [-0.1, -0.05) is 6.07 Å². The average Bonchev–Trinajstić information content (AvgIpc) is 2.79. The van der Waals surface area contributed by atoms with Crippen LogP contribution in [0, 0.1) is 0 Å². The van der Waals surface area contributed by atoms with Crippen LogP contribution in [0.15, 0.2) is 24.4 Å². The Balaban J connectivity index is 1.86. The fraction of sp³-hybridized carbons (Fsp3) is 0.643. The van der Waals surface area contributed by atoms with Gasteiger partial charge in [-0.3, -0.25) is 9.88 Å². The van der Waals surface area contributed by atoms with Gasteiger partial charge in [-0.05, 0) is 45.9 Å². The number of aromatic nitrogens is 1. The predicted molar refractivity (Wildman–Crippen MR) is 70.9 cm³/mol. The van der Waals surface area contributed by atoms with E-state index in [9.17, 15) is 0 Å². The van der Waals surface area contributed by atoms with E-state index >= 15 is 0 Å². The number of rotatable bonds is 4. The molecule has 0 radical (unpaired) electrons. The lowest BCUT2D eigenvalue weighted by atomic mass is 10.1. The molecule has 3 nitrogen and oxygen atoms in total. The van der Waals surface area contributed by atoms with Crippen LogP contribution in [0.25, 0.3) is 0 Å². The molecule has 3 heteroatoms. The Kier molecular flexibility index (Phi) is 4.13. The summed E-state index contributed by atoms with van der Waals surface area (Å²) in [7, 11) is 0. The Labute approximate surface area is 104 Å². The van der Waals surface area contributed by atoms with Crippen molar-refractivity contribution in [2.45, 2.75) is 45.3 Å². The molecule has 0 amide bonds. The molecule has 2 rings (SSSR count). The van der Waals surface area contributed by atoms with Crippen molar-refractivity contribution in [1.82, 2.24) is 15.2 Å². The van der Waals surface area contributed by atoms with E-state index in [1.54, 1.807) is 0 Å². The van der Waals surface area contributed by atoms with Gasteiger partial charge in [-0.15, -0.1) is 0 Å². The summed E-state index contributed by atoms with van der Waals surface area (Å²) in [6.45, 7) is 9.11. The molecule has 2 heterocycles. The standard InChI is InChI=1S/C14H23N3/c1-11(2)17-9-7-13(10-17)16-12(3)14-6-4-5-8-15-14/h4-6,8,11-13,16H,7,9-10H2,1-3H3. The van der Waals surface area contributed by atoms with Gasteiger partial charge in [0.15, 0.2) is 0 Å². The van der Waals surface area contributed by atoms with Crippen LogP contribution in [-0.2, 0) is 0 Å². The van der Waals surface area contributed by atoms with Crippen molar-refractivity contribution in [1.29, 1.82) is 0 Å². The van der Waals surface area contributed by atoms with Gasteiger partial charge in [0.2, 0.25) is 0 Å². The molecule has 0 bridgehead atoms. The average molecular weight is 233 g/mol. The Morgan fingerprint density at radius 1 is 1.35 bits per heavy atom. The van der Waals surface area contributed by atoms with Gasteiger partial charge in [0.1, 0.15) is 0 Å². The van der Waals surface area contributed by atoms with E-state index in [0.717, 1.165) is 12.2 Å². The van der Waals surface area contributed by atoms with Crippen LogP contribution in [0.3, 0.4) is 0 Å². The first-order valence-electron chi connectivity index (χ1n) is 6.58. The Bertz CT molecular complexity index is 337. The summed E-state index contributed by atoms with van der Waals surface area (Å²) in [5.74, 6) is 0. The highest BCUT2D eigenvalue weighted by atomic mass is 15.2. The molecule has 0 aliphatic carbocycles. The highest BCUT2D eigenvalue weighted by Gasteiger charge is 2.25. The minimum absolute atomic E-state index is 0.341. The molecule has 1 aliphatic heterocycles. The molecule has 94 valence electrons. The second kappa shape index (κ2) is 5.61. The highest BCUT2D eigenvalue weighted by molar-refractivity contribution is 5.08. The third-order valence-corrected chi connectivity index (χ3v) is 3.57. The largest absolute Gasteiger partial charge is 0.305 e. The van der Waals surface area contributed by atoms with Crippen molar-refractivity contribution in [2.24, 2.45) is 0 Å². The molecule has 1 saturated heterocycles. The lowest BCUT2D eigenvalue weighted by Crippen LogP contribution is -2.36. The first kappa shape index (κ1) is 12.5. The number of hydrogen-bond acceptors (Lipinski definition) is 3. The number of nitrogens with one attached hydrogen (secondary N) is 1. The molecule has 17 heavy (non-hydrogen) atoms. The quantitative estimate of drug-likeness (QED) is 0.864. The summed E-state index contributed by atoms with van der Waals surface area (Å²) in [4.78, 5) is 6.93. The minimum atomic E-state index is 0.341. The van der Waals surface area contributed by atoms with Gasteiger partial charge in [0, 0.05) is 30.9 Å². The number of hydrogen-bond donors (Lipinski definition) is 1.